The lowest BCUT2D eigenvalue weighted by molar-refractivity contribution is -0.132. The van der Waals surface area contributed by atoms with Gasteiger partial charge in [-0.3, -0.25) is 0 Å². The second kappa shape index (κ2) is 4.14. The van der Waals surface area contributed by atoms with Gasteiger partial charge in [0.25, 0.3) is 0 Å². The van der Waals surface area contributed by atoms with Crippen molar-refractivity contribution in [3.63, 3.8) is 0 Å². The van der Waals surface area contributed by atoms with Crippen LogP contribution in [0.15, 0.2) is 30.3 Å². The van der Waals surface area contributed by atoms with E-state index < -0.39 is 6.29 Å². The molecule has 0 heterocycles. The average molecular weight is 205 g/mol. The molecule has 0 radical (unpaired) electrons. The summed E-state index contributed by atoms with van der Waals surface area (Å²) in [4.78, 5) is 0. The minimum Gasteiger partial charge on any atom is -0.367 e. The Bertz CT molecular complexity index is 374. The van der Waals surface area contributed by atoms with Gasteiger partial charge in [-0.15, -0.1) is 0 Å². The first-order chi connectivity index (χ1) is 7.18. The summed E-state index contributed by atoms with van der Waals surface area (Å²) in [6, 6.07) is 7.57. The molecule has 0 aliphatic heterocycles. The Morgan fingerprint density at radius 1 is 1.40 bits per heavy atom. The van der Waals surface area contributed by atoms with Crippen LogP contribution < -0.4 is 5.73 Å². The predicted octanol–water partition coefficient (Wildman–Crippen LogP) is 1.44. The van der Waals surface area contributed by atoms with Crippen LogP contribution in [0, 0.1) is 0 Å². The lowest BCUT2D eigenvalue weighted by Crippen LogP contribution is -2.34. The van der Waals surface area contributed by atoms with Gasteiger partial charge in [-0.2, -0.15) is 0 Å². The summed E-state index contributed by atoms with van der Waals surface area (Å²) in [5.41, 5.74) is 7.75. The number of benzene rings is 1. The van der Waals surface area contributed by atoms with Crippen LogP contribution in [0.3, 0.4) is 0 Å². The van der Waals surface area contributed by atoms with Crippen molar-refractivity contribution in [1.82, 2.24) is 0 Å². The average Bonchev–Trinajstić information content (AvgIpc) is 2.62. The maximum atomic E-state index is 9.53. The molecule has 1 aliphatic carbocycles. The molecule has 3 nitrogen and oxygen atoms in total. The maximum Gasteiger partial charge on any atom is 0.170 e. The van der Waals surface area contributed by atoms with Crippen molar-refractivity contribution in [2.75, 3.05) is 0 Å². The van der Waals surface area contributed by atoms with Crippen molar-refractivity contribution < 1.29 is 9.84 Å². The van der Waals surface area contributed by atoms with E-state index in [0.717, 1.165) is 11.1 Å². The summed E-state index contributed by atoms with van der Waals surface area (Å²) in [7, 11) is 0. The van der Waals surface area contributed by atoms with E-state index in [1.54, 1.807) is 6.92 Å². The van der Waals surface area contributed by atoms with Gasteiger partial charge < -0.3 is 15.6 Å². The Labute approximate surface area is 89.2 Å². The Kier molecular flexibility index (Phi) is 2.86. The van der Waals surface area contributed by atoms with Crippen LogP contribution in [-0.4, -0.2) is 17.4 Å². The van der Waals surface area contributed by atoms with Crippen LogP contribution in [0.2, 0.25) is 0 Å². The molecule has 0 fully saturated rings. The molecule has 3 unspecified atom stereocenters. The largest absolute Gasteiger partial charge is 0.367 e. The third kappa shape index (κ3) is 2.09. The molecule has 0 spiro atoms. The highest BCUT2D eigenvalue weighted by Crippen LogP contribution is 2.31. The first-order valence-electron chi connectivity index (χ1n) is 5.04. The van der Waals surface area contributed by atoms with E-state index in [2.05, 4.69) is 0 Å². The van der Waals surface area contributed by atoms with Gasteiger partial charge >= 0.3 is 0 Å². The molecule has 1 aromatic rings. The van der Waals surface area contributed by atoms with Crippen molar-refractivity contribution in [1.29, 1.82) is 0 Å². The number of rotatable bonds is 3. The Balaban J connectivity index is 2.11. The molecule has 0 saturated heterocycles. The van der Waals surface area contributed by atoms with Crippen LogP contribution in [0.4, 0.5) is 0 Å². The molecule has 0 aromatic heterocycles. The van der Waals surface area contributed by atoms with Gasteiger partial charge in [-0.05, 0) is 18.1 Å². The van der Waals surface area contributed by atoms with Gasteiger partial charge in [0.15, 0.2) is 6.29 Å². The highest BCUT2D eigenvalue weighted by molar-refractivity contribution is 5.61. The molecule has 1 aromatic carbocycles. The van der Waals surface area contributed by atoms with Crippen molar-refractivity contribution in [3.8, 4) is 0 Å². The minimum absolute atomic E-state index is 0.179. The van der Waals surface area contributed by atoms with Crippen molar-refractivity contribution in [2.24, 2.45) is 5.73 Å². The smallest absolute Gasteiger partial charge is 0.170 e. The fourth-order valence-electron chi connectivity index (χ4n) is 1.61. The predicted molar refractivity (Wildman–Crippen MR) is 59.0 cm³/mol. The standard InChI is InChI=1S/C12H15NO2/c1-8(13)12(14)15-11-7-6-9-4-2-3-5-10(9)11/h2-8,11-12,14H,13H2,1H3. The molecule has 3 atom stereocenters. The topological polar surface area (TPSA) is 55.5 Å². The fraction of sp³-hybridized carbons (Fsp3) is 0.333. The monoisotopic (exact) mass is 205 g/mol. The van der Waals surface area contributed by atoms with E-state index in [-0.39, 0.29) is 12.1 Å². The fourth-order valence-corrected chi connectivity index (χ4v) is 1.61. The van der Waals surface area contributed by atoms with E-state index in [4.69, 9.17) is 10.5 Å². The third-order valence-electron chi connectivity index (χ3n) is 2.49. The summed E-state index contributed by atoms with van der Waals surface area (Å²) in [6.45, 7) is 1.72. The Hall–Kier alpha value is -1.16. The number of fused-ring (bicyclic) bond motifs is 1. The minimum atomic E-state index is -0.925. The second-order valence-corrected chi connectivity index (χ2v) is 3.79. The maximum absolute atomic E-state index is 9.53. The van der Waals surface area contributed by atoms with Crippen LogP contribution in [0.5, 0.6) is 0 Å². The van der Waals surface area contributed by atoms with Crippen LogP contribution in [0.1, 0.15) is 24.2 Å². The van der Waals surface area contributed by atoms with Gasteiger partial charge in [0.2, 0.25) is 0 Å². The van der Waals surface area contributed by atoms with Gasteiger partial charge in [0, 0.05) is 0 Å². The Morgan fingerprint density at radius 3 is 2.87 bits per heavy atom. The highest BCUT2D eigenvalue weighted by atomic mass is 16.6. The molecular weight excluding hydrogens is 190 g/mol. The number of nitrogens with two attached hydrogens (primary N) is 1. The highest BCUT2D eigenvalue weighted by Gasteiger charge is 2.21. The van der Waals surface area contributed by atoms with Crippen molar-refractivity contribution in [2.45, 2.75) is 25.4 Å². The van der Waals surface area contributed by atoms with Gasteiger partial charge in [-0.1, -0.05) is 36.4 Å². The molecule has 0 saturated carbocycles. The quantitative estimate of drug-likeness (QED) is 0.734. The molecule has 0 amide bonds. The molecule has 80 valence electrons. The van der Waals surface area contributed by atoms with Crippen LogP contribution >= 0.6 is 0 Å². The van der Waals surface area contributed by atoms with Gasteiger partial charge in [-0.25, -0.2) is 0 Å². The summed E-state index contributed by atoms with van der Waals surface area (Å²) in [5, 5.41) is 9.53. The molecular formula is C12H15NO2. The lowest BCUT2D eigenvalue weighted by atomic mass is 10.1. The van der Waals surface area contributed by atoms with Crippen molar-refractivity contribution in [3.05, 3.63) is 41.5 Å². The van der Waals surface area contributed by atoms with E-state index >= 15 is 0 Å². The number of hydrogen-bond donors (Lipinski definition) is 2. The number of ether oxygens (including phenoxy) is 1. The zero-order chi connectivity index (χ0) is 10.8. The molecule has 1 aliphatic rings. The first-order valence-corrected chi connectivity index (χ1v) is 5.04. The summed E-state index contributed by atoms with van der Waals surface area (Å²) in [6.07, 6.45) is 2.82. The molecule has 3 heteroatoms. The van der Waals surface area contributed by atoms with E-state index in [1.165, 1.54) is 0 Å². The summed E-state index contributed by atoms with van der Waals surface area (Å²) in [5.74, 6) is 0. The molecule has 3 N–H and O–H groups in total. The number of hydrogen-bond acceptors (Lipinski definition) is 3. The first kappa shape index (κ1) is 10.4. The van der Waals surface area contributed by atoms with Crippen LogP contribution in [-0.2, 0) is 4.74 Å². The van der Waals surface area contributed by atoms with Crippen molar-refractivity contribution >= 4 is 6.08 Å². The SMILES string of the molecule is CC(N)C(O)OC1C=Cc2ccccc21. The van der Waals surface area contributed by atoms with E-state index in [0.29, 0.717) is 0 Å². The second-order valence-electron chi connectivity index (χ2n) is 3.79. The zero-order valence-corrected chi connectivity index (χ0v) is 8.63. The Morgan fingerprint density at radius 2 is 2.13 bits per heavy atom. The van der Waals surface area contributed by atoms with Crippen LogP contribution in [0.25, 0.3) is 6.08 Å². The zero-order valence-electron chi connectivity index (χ0n) is 8.63. The van der Waals surface area contributed by atoms with E-state index in [9.17, 15) is 5.11 Å². The van der Waals surface area contributed by atoms with Gasteiger partial charge in [0.05, 0.1) is 6.04 Å². The lowest BCUT2D eigenvalue weighted by Gasteiger charge is -2.20. The normalized spacial score (nSPS) is 22.5. The molecule has 2 rings (SSSR count). The number of aliphatic hydroxyl groups is 1. The third-order valence-corrected chi connectivity index (χ3v) is 2.49. The van der Waals surface area contributed by atoms with E-state index in [1.807, 2.05) is 36.4 Å². The summed E-state index contributed by atoms with van der Waals surface area (Å²) < 4.78 is 5.44. The summed E-state index contributed by atoms with van der Waals surface area (Å²) >= 11 is 0. The molecule has 0 bridgehead atoms. The molecule has 15 heavy (non-hydrogen) atoms. The van der Waals surface area contributed by atoms with Gasteiger partial charge in [0.1, 0.15) is 6.10 Å². The number of aliphatic hydroxyl groups excluding tert-OH is 1.